The van der Waals surface area contributed by atoms with Crippen LogP contribution in [0.15, 0.2) is 58.2 Å². The van der Waals surface area contributed by atoms with Crippen LogP contribution in [0.5, 0.6) is 0 Å². The first-order valence-corrected chi connectivity index (χ1v) is 10.6. The van der Waals surface area contributed by atoms with Crippen LogP contribution in [0.4, 0.5) is 0 Å². The molecule has 2 aromatic heterocycles. The molecule has 0 amide bonds. The number of aromatic nitrogens is 2. The van der Waals surface area contributed by atoms with Crippen molar-refractivity contribution in [3.63, 3.8) is 0 Å². The van der Waals surface area contributed by atoms with Gasteiger partial charge in [0.15, 0.2) is 0 Å². The van der Waals surface area contributed by atoms with Gasteiger partial charge in [0.25, 0.3) is 5.56 Å². The van der Waals surface area contributed by atoms with E-state index in [1.54, 1.807) is 25.1 Å². The highest BCUT2D eigenvalue weighted by atomic mass is 32.2. The third-order valence-corrected chi connectivity index (χ3v) is 6.08. The molecular formula is C20H19N3O5S. The monoisotopic (exact) mass is 413 g/mol. The number of aryl methyl sites for hydroxylation is 1. The minimum Gasteiger partial charge on any atom is -0.456 e. The van der Waals surface area contributed by atoms with Gasteiger partial charge < -0.3 is 4.74 Å². The molecule has 0 saturated heterocycles. The molecule has 1 saturated carbocycles. The zero-order chi connectivity index (χ0) is 20.6. The van der Waals surface area contributed by atoms with Crippen LogP contribution in [0.2, 0.25) is 0 Å². The van der Waals surface area contributed by atoms with Crippen molar-refractivity contribution in [2.45, 2.75) is 37.3 Å². The smallest absolute Gasteiger partial charge is 0.338 e. The second kappa shape index (κ2) is 7.41. The number of fused-ring (bicyclic) bond motifs is 1. The highest BCUT2D eigenvalue weighted by Crippen LogP contribution is 2.22. The van der Waals surface area contributed by atoms with Gasteiger partial charge in [-0.25, -0.2) is 22.9 Å². The number of hydrogen-bond donors (Lipinski definition) is 1. The molecule has 1 aromatic carbocycles. The van der Waals surface area contributed by atoms with Crippen LogP contribution < -0.4 is 10.3 Å². The van der Waals surface area contributed by atoms with Crippen LogP contribution in [0.3, 0.4) is 0 Å². The number of nitrogens with zero attached hydrogens (tertiary/aromatic N) is 2. The molecule has 0 spiro atoms. The van der Waals surface area contributed by atoms with Crippen LogP contribution in [0, 0.1) is 6.92 Å². The fraction of sp³-hybridized carbons (Fsp3) is 0.250. The SMILES string of the molecule is Cc1cccc2nc(COC(=O)c3cccc(S(=O)(=O)NC4CC4)c3)cc(=O)n12. The Bertz CT molecular complexity index is 1260. The Morgan fingerprint density at radius 2 is 1.97 bits per heavy atom. The van der Waals surface area contributed by atoms with Gasteiger partial charge in [-0.15, -0.1) is 0 Å². The van der Waals surface area contributed by atoms with E-state index in [-0.39, 0.29) is 28.7 Å². The molecule has 0 bridgehead atoms. The Morgan fingerprint density at radius 1 is 1.21 bits per heavy atom. The quantitative estimate of drug-likeness (QED) is 0.618. The Balaban J connectivity index is 1.51. The predicted molar refractivity (Wildman–Crippen MR) is 105 cm³/mol. The van der Waals surface area contributed by atoms with Crippen LogP contribution >= 0.6 is 0 Å². The molecule has 0 unspecified atom stereocenters. The van der Waals surface area contributed by atoms with Crippen molar-refractivity contribution in [1.82, 2.24) is 14.1 Å². The van der Waals surface area contributed by atoms with E-state index in [0.717, 1.165) is 18.5 Å². The van der Waals surface area contributed by atoms with Crippen LogP contribution in [-0.4, -0.2) is 29.8 Å². The van der Waals surface area contributed by atoms with Crippen molar-refractivity contribution in [1.29, 1.82) is 0 Å². The van der Waals surface area contributed by atoms with Crippen molar-refractivity contribution in [3.05, 3.63) is 75.8 Å². The summed E-state index contributed by atoms with van der Waals surface area (Å²) in [7, 11) is -3.67. The molecule has 1 aliphatic rings. The van der Waals surface area contributed by atoms with Gasteiger partial charge in [0.2, 0.25) is 10.0 Å². The highest BCUT2D eigenvalue weighted by Gasteiger charge is 2.28. The van der Waals surface area contributed by atoms with Gasteiger partial charge >= 0.3 is 5.97 Å². The molecule has 1 aliphatic carbocycles. The van der Waals surface area contributed by atoms with Gasteiger partial charge in [-0.2, -0.15) is 0 Å². The summed E-state index contributed by atoms with van der Waals surface area (Å²) in [6.45, 7) is 1.60. The zero-order valence-corrected chi connectivity index (χ0v) is 16.5. The second-order valence-corrected chi connectivity index (χ2v) is 8.66. The minimum absolute atomic E-state index is 0.0106. The lowest BCUT2D eigenvalue weighted by Gasteiger charge is -2.09. The van der Waals surface area contributed by atoms with E-state index in [1.165, 1.54) is 34.7 Å². The van der Waals surface area contributed by atoms with E-state index < -0.39 is 16.0 Å². The number of benzene rings is 1. The van der Waals surface area contributed by atoms with E-state index in [1.807, 2.05) is 0 Å². The van der Waals surface area contributed by atoms with Crippen molar-refractivity contribution in [3.8, 4) is 0 Å². The Kier molecular flexibility index (Phi) is 4.93. The van der Waals surface area contributed by atoms with Gasteiger partial charge in [-0.05, 0) is 50.1 Å². The molecule has 1 fully saturated rings. The van der Waals surface area contributed by atoms with E-state index in [9.17, 15) is 18.0 Å². The van der Waals surface area contributed by atoms with E-state index in [4.69, 9.17) is 4.74 Å². The van der Waals surface area contributed by atoms with Crippen LogP contribution in [-0.2, 0) is 21.4 Å². The molecular weight excluding hydrogens is 394 g/mol. The Morgan fingerprint density at radius 3 is 2.72 bits per heavy atom. The second-order valence-electron chi connectivity index (χ2n) is 6.95. The van der Waals surface area contributed by atoms with Crippen molar-refractivity contribution in [2.24, 2.45) is 0 Å². The van der Waals surface area contributed by atoms with Crippen molar-refractivity contribution in [2.75, 3.05) is 0 Å². The summed E-state index contributed by atoms with van der Waals surface area (Å²) in [6.07, 6.45) is 1.64. The average molecular weight is 413 g/mol. The zero-order valence-electron chi connectivity index (χ0n) is 15.7. The van der Waals surface area contributed by atoms with Crippen LogP contribution in [0.1, 0.15) is 34.6 Å². The molecule has 150 valence electrons. The lowest BCUT2D eigenvalue weighted by atomic mass is 10.2. The van der Waals surface area contributed by atoms with E-state index in [2.05, 4.69) is 9.71 Å². The first-order chi connectivity index (χ1) is 13.8. The summed E-state index contributed by atoms with van der Waals surface area (Å²) in [5.41, 5.74) is 1.37. The van der Waals surface area contributed by atoms with Gasteiger partial charge in [-0.3, -0.25) is 9.20 Å². The number of carbonyl (C=O) groups is 1. The number of hydrogen-bond acceptors (Lipinski definition) is 6. The summed E-state index contributed by atoms with van der Waals surface area (Å²) >= 11 is 0. The summed E-state index contributed by atoms with van der Waals surface area (Å²) in [6, 6.07) is 12.2. The number of rotatable bonds is 6. The van der Waals surface area contributed by atoms with Crippen molar-refractivity contribution >= 4 is 21.6 Å². The lowest BCUT2D eigenvalue weighted by Crippen LogP contribution is -2.25. The van der Waals surface area contributed by atoms with Gasteiger partial charge in [0.05, 0.1) is 16.2 Å². The van der Waals surface area contributed by atoms with Gasteiger partial charge in [-0.1, -0.05) is 12.1 Å². The molecule has 8 nitrogen and oxygen atoms in total. The molecule has 4 rings (SSSR count). The first kappa shape index (κ1) is 19.3. The number of pyridine rings is 1. The molecule has 0 radical (unpaired) electrons. The molecule has 3 aromatic rings. The number of ether oxygens (including phenoxy) is 1. The first-order valence-electron chi connectivity index (χ1n) is 9.11. The molecule has 9 heteroatoms. The number of sulfonamides is 1. The molecule has 29 heavy (non-hydrogen) atoms. The average Bonchev–Trinajstić information content (AvgIpc) is 3.49. The standard InChI is InChI=1S/C20H19N3O5S/c1-13-4-2-7-18-21-16(11-19(24)23(13)18)12-28-20(25)14-5-3-6-17(10-14)29(26,27)22-15-8-9-15/h2-7,10-11,15,22H,8-9,12H2,1H3. The molecule has 1 N–H and O–H groups in total. The number of nitrogens with one attached hydrogen (secondary N) is 1. The summed E-state index contributed by atoms with van der Waals surface area (Å²) in [5, 5.41) is 0. The third kappa shape index (κ3) is 4.20. The molecule has 0 aliphatic heterocycles. The summed E-state index contributed by atoms with van der Waals surface area (Å²) in [5.74, 6) is -0.695. The molecule has 2 heterocycles. The van der Waals surface area contributed by atoms with E-state index in [0.29, 0.717) is 11.3 Å². The highest BCUT2D eigenvalue weighted by molar-refractivity contribution is 7.89. The topological polar surface area (TPSA) is 107 Å². The third-order valence-electron chi connectivity index (χ3n) is 4.56. The van der Waals surface area contributed by atoms with Crippen molar-refractivity contribution < 1.29 is 17.9 Å². The Hall–Kier alpha value is -3.04. The van der Waals surface area contributed by atoms with Crippen LogP contribution in [0.25, 0.3) is 5.65 Å². The minimum atomic E-state index is -3.67. The normalized spacial score (nSPS) is 14.1. The number of esters is 1. The van der Waals surface area contributed by atoms with E-state index >= 15 is 0 Å². The largest absolute Gasteiger partial charge is 0.456 e. The maximum absolute atomic E-state index is 12.4. The molecule has 0 atom stereocenters. The maximum atomic E-state index is 12.4. The predicted octanol–water partition coefficient (Wildman–Crippen LogP) is 1.80. The summed E-state index contributed by atoms with van der Waals surface area (Å²) in [4.78, 5) is 29.0. The van der Waals surface area contributed by atoms with Gasteiger partial charge in [0.1, 0.15) is 12.3 Å². The number of carbonyl (C=O) groups excluding carboxylic acids is 1. The maximum Gasteiger partial charge on any atom is 0.338 e. The summed E-state index contributed by atoms with van der Waals surface area (Å²) < 4.78 is 33.9. The lowest BCUT2D eigenvalue weighted by molar-refractivity contribution is 0.0467. The fourth-order valence-electron chi connectivity index (χ4n) is 2.94. The fourth-order valence-corrected chi connectivity index (χ4v) is 4.29. The van der Waals surface area contributed by atoms with Gasteiger partial charge in [0, 0.05) is 17.8 Å². The Labute approximate surface area is 167 Å².